The normalized spacial score (nSPS) is 10.9. The summed E-state index contributed by atoms with van der Waals surface area (Å²) in [5.74, 6) is 1.55. The molecule has 0 amide bonds. The third kappa shape index (κ3) is 5.12. The molecule has 5 nitrogen and oxygen atoms in total. The molecule has 0 radical (unpaired) electrons. The maximum atomic E-state index is 5.76. The van der Waals surface area contributed by atoms with Crippen LogP contribution < -0.4 is 15.5 Å². The average Bonchev–Trinajstić information content (AvgIpc) is 2.69. The molecule has 0 saturated heterocycles. The van der Waals surface area contributed by atoms with Crippen LogP contribution in [0.5, 0.6) is 11.5 Å². The van der Waals surface area contributed by atoms with Gasteiger partial charge in [0.15, 0.2) is 5.11 Å². The summed E-state index contributed by atoms with van der Waals surface area (Å²) in [7, 11) is 0. The molecule has 0 spiro atoms. The summed E-state index contributed by atoms with van der Waals surface area (Å²) in [6, 6.07) is 22.8. The number of hydrogen-bond donors (Lipinski definition) is 2. The zero-order valence-corrected chi connectivity index (χ0v) is 15.0. The van der Waals surface area contributed by atoms with Crippen LogP contribution in [-0.2, 0) is 0 Å². The molecule has 3 rings (SSSR count). The van der Waals surface area contributed by atoms with Gasteiger partial charge in [0.2, 0.25) is 0 Å². The van der Waals surface area contributed by atoms with Crippen molar-refractivity contribution in [2.45, 2.75) is 6.92 Å². The Balaban J connectivity index is 1.54. The lowest BCUT2D eigenvalue weighted by Crippen LogP contribution is -2.25. The molecule has 6 heteroatoms. The Morgan fingerprint density at radius 1 is 0.923 bits per heavy atom. The number of hydrogen-bond acceptors (Lipinski definition) is 4. The fraction of sp³-hybridized carbons (Fsp3) is 0.0500. The van der Waals surface area contributed by atoms with Crippen molar-refractivity contribution in [3.8, 4) is 11.5 Å². The van der Waals surface area contributed by atoms with Gasteiger partial charge in [-0.25, -0.2) is 0 Å². The molecule has 130 valence electrons. The lowest BCUT2D eigenvalue weighted by Gasteiger charge is -2.09. The minimum atomic E-state index is 0.400. The Bertz CT molecular complexity index is 881. The van der Waals surface area contributed by atoms with Crippen LogP contribution in [0.25, 0.3) is 0 Å². The maximum Gasteiger partial charge on any atom is 0.191 e. The topological polar surface area (TPSA) is 58.5 Å². The van der Waals surface area contributed by atoms with E-state index in [0.717, 1.165) is 28.6 Å². The molecule has 0 unspecified atom stereocenters. The Labute approximate surface area is 157 Å². The summed E-state index contributed by atoms with van der Waals surface area (Å²) in [5.41, 5.74) is 5.21. The van der Waals surface area contributed by atoms with Crippen LogP contribution in [0, 0.1) is 0 Å². The summed E-state index contributed by atoms with van der Waals surface area (Å²) in [6.07, 6.45) is 1.73. The zero-order chi connectivity index (χ0) is 18.2. The van der Waals surface area contributed by atoms with E-state index in [1.54, 1.807) is 6.20 Å². The zero-order valence-electron chi connectivity index (χ0n) is 14.2. The van der Waals surface area contributed by atoms with Gasteiger partial charge in [0.1, 0.15) is 11.5 Å². The molecule has 0 aliphatic rings. The number of thiocarbonyl (C=S) groups is 1. The molecular weight excluding hydrogens is 344 g/mol. The second-order valence-corrected chi connectivity index (χ2v) is 5.83. The number of nitrogens with one attached hydrogen (secondary N) is 2. The van der Waals surface area contributed by atoms with Crippen molar-refractivity contribution in [1.82, 2.24) is 10.4 Å². The lowest BCUT2D eigenvalue weighted by atomic mass is 10.3. The van der Waals surface area contributed by atoms with E-state index in [4.69, 9.17) is 17.0 Å². The van der Waals surface area contributed by atoms with Gasteiger partial charge in [-0.2, -0.15) is 5.10 Å². The van der Waals surface area contributed by atoms with Crippen LogP contribution in [0.15, 0.2) is 84.1 Å². The molecule has 1 aromatic heterocycles. The van der Waals surface area contributed by atoms with Gasteiger partial charge < -0.3 is 10.1 Å². The van der Waals surface area contributed by atoms with Crippen LogP contribution >= 0.6 is 12.2 Å². The molecule has 0 bridgehead atoms. The van der Waals surface area contributed by atoms with E-state index in [9.17, 15) is 0 Å². The van der Waals surface area contributed by atoms with E-state index in [0.29, 0.717) is 5.11 Å². The van der Waals surface area contributed by atoms with Gasteiger partial charge in [-0.05, 0) is 67.7 Å². The molecule has 0 fully saturated rings. The molecule has 0 aliphatic carbocycles. The van der Waals surface area contributed by atoms with Crippen molar-refractivity contribution in [1.29, 1.82) is 0 Å². The number of ether oxygens (including phenoxy) is 1. The van der Waals surface area contributed by atoms with Gasteiger partial charge in [-0.3, -0.25) is 10.4 Å². The Morgan fingerprint density at radius 3 is 2.31 bits per heavy atom. The maximum absolute atomic E-state index is 5.76. The summed E-state index contributed by atoms with van der Waals surface area (Å²) in [4.78, 5) is 4.24. The predicted molar refractivity (Wildman–Crippen MR) is 109 cm³/mol. The fourth-order valence-electron chi connectivity index (χ4n) is 2.16. The molecule has 2 aromatic carbocycles. The smallest absolute Gasteiger partial charge is 0.191 e. The number of pyridine rings is 1. The van der Waals surface area contributed by atoms with E-state index in [-0.39, 0.29) is 0 Å². The van der Waals surface area contributed by atoms with Crippen LogP contribution in [0.1, 0.15) is 12.6 Å². The van der Waals surface area contributed by atoms with Crippen molar-refractivity contribution >= 4 is 28.7 Å². The quantitative estimate of drug-likeness (QED) is 0.395. The first-order valence-electron chi connectivity index (χ1n) is 8.06. The third-order valence-corrected chi connectivity index (χ3v) is 3.65. The first-order chi connectivity index (χ1) is 12.7. The number of hydrazone groups is 1. The van der Waals surface area contributed by atoms with Gasteiger partial charge in [0, 0.05) is 11.9 Å². The summed E-state index contributed by atoms with van der Waals surface area (Å²) in [6.45, 7) is 1.87. The number of aromatic nitrogens is 1. The largest absolute Gasteiger partial charge is 0.457 e. The van der Waals surface area contributed by atoms with Crippen LogP contribution in [0.3, 0.4) is 0 Å². The van der Waals surface area contributed by atoms with Crippen LogP contribution in [0.2, 0.25) is 0 Å². The van der Waals surface area contributed by atoms with Gasteiger partial charge in [0.25, 0.3) is 0 Å². The Morgan fingerprint density at radius 2 is 1.62 bits per heavy atom. The van der Waals surface area contributed by atoms with Crippen molar-refractivity contribution < 1.29 is 4.74 Å². The highest BCUT2D eigenvalue weighted by molar-refractivity contribution is 7.80. The lowest BCUT2D eigenvalue weighted by molar-refractivity contribution is 0.483. The number of nitrogens with zero attached hydrogens (tertiary/aromatic N) is 2. The number of para-hydroxylation sites is 1. The summed E-state index contributed by atoms with van der Waals surface area (Å²) in [5, 5.41) is 7.72. The first kappa shape index (κ1) is 17.6. The first-order valence-corrected chi connectivity index (χ1v) is 8.47. The number of benzene rings is 2. The number of anilines is 1. The highest BCUT2D eigenvalue weighted by Gasteiger charge is 2.01. The summed E-state index contributed by atoms with van der Waals surface area (Å²) >= 11 is 5.26. The van der Waals surface area contributed by atoms with E-state index >= 15 is 0 Å². The second kappa shape index (κ2) is 8.73. The third-order valence-electron chi connectivity index (χ3n) is 3.45. The molecule has 0 aliphatic heterocycles. The molecular formula is C20H18N4OS. The van der Waals surface area contributed by atoms with Gasteiger partial charge in [0.05, 0.1) is 11.4 Å². The van der Waals surface area contributed by atoms with Crippen LogP contribution in [0.4, 0.5) is 5.69 Å². The standard InChI is InChI=1S/C20H18N4OS/c1-15(19-9-5-6-14-21-19)23-24-20(26)22-16-10-12-18(13-11-16)25-17-7-3-2-4-8-17/h2-14H,1H3,(H2,22,24,26)/b23-15-. The average molecular weight is 362 g/mol. The summed E-state index contributed by atoms with van der Waals surface area (Å²) < 4.78 is 5.76. The Hall–Kier alpha value is -3.25. The fourth-order valence-corrected chi connectivity index (χ4v) is 2.32. The van der Waals surface area contributed by atoms with Gasteiger partial charge in [-0.15, -0.1) is 0 Å². The molecule has 26 heavy (non-hydrogen) atoms. The van der Waals surface area contributed by atoms with Crippen molar-refractivity contribution in [2.24, 2.45) is 5.10 Å². The highest BCUT2D eigenvalue weighted by atomic mass is 32.1. The molecule has 2 N–H and O–H groups in total. The SMILES string of the molecule is C/C(=N/NC(=S)Nc1ccc(Oc2ccccc2)cc1)c1ccccn1. The predicted octanol–water partition coefficient (Wildman–Crippen LogP) is 4.58. The van der Waals surface area contributed by atoms with Crippen molar-refractivity contribution in [3.63, 3.8) is 0 Å². The Kier molecular flexibility index (Phi) is 5.90. The molecule has 1 heterocycles. The number of rotatable bonds is 5. The molecule has 0 saturated carbocycles. The van der Waals surface area contributed by atoms with E-state index in [2.05, 4.69) is 20.8 Å². The van der Waals surface area contributed by atoms with Crippen LogP contribution in [-0.4, -0.2) is 15.8 Å². The van der Waals surface area contributed by atoms with Crippen molar-refractivity contribution in [2.75, 3.05) is 5.32 Å². The van der Waals surface area contributed by atoms with Crippen molar-refractivity contribution in [3.05, 3.63) is 84.7 Å². The second-order valence-electron chi connectivity index (χ2n) is 5.42. The van der Waals surface area contributed by atoms with E-state index in [1.807, 2.05) is 79.7 Å². The molecule has 0 atom stereocenters. The minimum Gasteiger partial charge on any atom is -0.457 e. The van der Waals surface area contributed by atoms with E-state index < -0.39 is 0 Å². The minimum absolute atomic E-state index is 0.400. The van der Waals surface area contributed by atoms with Gasteiger partial charge in [-0.1, -0.05) is 24.3 Å². The molecule has 3 aromatic rings. The van der Waals surface area contributed by atoms with Gasteiger partial charge >= 0.3 is 0 Å². The highest BCUT2D eigenvalue weighted by Crippen LogP contribution is 2.22. The monoisotopic (exact) mass is 362 g/mol. The van der Waals surface area contributed by atoms with E-state index in [1.165, 1.54) is 0 Å².